The van der Waals surface area contributed by atoms with E-state index in [1.54, 1.807) is 17.2 Å². The number of hydrogen-bond donors (Lipinski definition) is 1. The molecule has 2 heterocycles. The fourth-order valence-electron chi connectivity index (χ4n) is 1.80. The third kappa shape index (κ3) is 2.03. The Morgan fingerprint density at radius 3 is 3.00 bits per heavy atom. The van der Waals surface area contributed by atoms with Crippen LogP contribution in [0.5, 0.6) is 0 Å². The molecule has 4 nitrogen and oxygen atoms in total. The van der Waals surface area contributed by atoms with Crippen LogP contribution >= 0.6 is 11.6 Å². The number of pyridine rings is 1. The van der Waals surface area contributed by atoms with Crippen molar-refractivity contribution in [1.82, 2.24) is 4.98 Å². The van der Waals surface area contributed by atoms with E-state index in [0.29, 0.717) is 23.8 Å². The lowest BCUT2D eigenvalue weighted by atomic mass is 10.1. The van der Waals surface area contributed by atoms with Gasteiger partial charge in [-0.25, -0.2) is 4.98 Å². The van der Waals surface area contributed by atoms with Crippen LogP contribution in [0.2, 0.25) is 5.02 Å². The first-order valence-electron chi connectivity index (χ1n) is 5.15. The summed E-state index contributed by atoms with van der Waals surface area (Å²) in [5.41, 5.74) is 0.895. The molecule has 2 rings (SSSR count). The Hall–Kier alpha value is -1.13. The van der Waals surface area contributed by atoms with Crippen molar-refractivity contribution in [3.8, 4) is 0 Å². The molecule has 5 heteroatoms. The number of aromatic nitrogens is 1. The Kier molecular flexibility index (Phi) is 3.12. The van der Waals surface area contributed by atoms with Crippen molar-refractivity contribution in [3.05, 3.63) is 22.8 Å². The molecule has 0 saturated carbocycles. The smallest absolute Gasteiger partial charge is 0.228 e. The van der Waals surface area contributed by atoms with Gasteiger partial charge in [-0.05, 0) is 18.6 Å². The van der Waals surface area contributed by atoms with Crippen molar-refractivity contribution in [2.24, 2.45) is 5.92 Å². The number of carbonyl (C=O) groups excluding carboxylic acids is 1. The number of aliphatic hydroxyl groups excluding tert-OH is 1. The Morgan fingerprint density at radius 2 is 2.44 bits per heavy atom. The molecule has 1 aromatic heterocycles. The van der Waals surface area contributed by atoms with E-state index in [-0.39, 0.29) is 18.4 Å². The Morgan fingerprint density at radius 1 is 1.69 bits per heavy atom. The molecule has 1 amide bonds. The summed E-state index contributed by atoms with van der Waals surface area (Å²) in [5.74, 6) is 0.640. The van der Waals surface area contributed by atoms with Gasteiger partial charge in [0.05, 0.1) is 5.02 Å². The monoisotopic (exact) mass is 240 g/mol. The summed E-state index contributed by atoms with van der Waals surface area (Å²) >= 11 is 5.87. The van der Waals surface area contributed by atoms with E-state index in [9.17, 15) is 4.79 Å². The minimum atomic E-state index is 0.00766. The van der Waals surface area contributed by atoms with Crippen LogP contribution in [0.25, 0.3) is 0 Å². The average molecular weight is 241 g/mol. The summed E-state index contributed by atoms with van der Waals surface area (Å²) in [6.07, 6.45) is 1.94. The standard InChI is InChI=1S/C11H13ClN2O2/c1-7-2-10(13-4-9(7)12)14-5-8(6-15)3-11(14)16/h2,4,8,15H,3,5-6H2,1H3. The fraction of sp³-hybridized carbons (Fsp3) is 0.455. The van der Waals surface area contributed by atoms with Gasteiger partial charge in [-0.15, -0.1) is 0 Å². The van der Waals surface area contributed by atoms with Gasteiger partial charge in [0.1, 0.15) is 5.82 Å². The predicted molar refractivity (Wildman–Crippen MR) is 61.5 cm³/mol. The highest BCUT2D eigenvalue weighted by Crippen LogP contribution is 2.25. The van der Waals surface area contributed by atoms with Crippen molar-refractivity contribution < 1.29 is 9.90 Å². The van der Waals surface area contributed by atoms with E-state index in [1.165, 1.54) is 0 Å². The Balaban J connectivity index is 2.24. The molecule has 86 valence electrons. The molecule has 1 N–H and O–H groups in total. The van der Waals surface area contributed by atoms with Crippen molar-refractivity contribution in [2.45, 2.75) is 13.3 Å². The number of nitrogens with zero attached hydrogens (tertiary/aromatic N) is 2. The summed E-state index contributed by atoms with van der Waals surface area (Å²) in [7, 11) is 0. The summed E-state index contributed by atoms with van der Waals surface area (Å²) in [6.45, 7) is 2.44. The molecule has 0 radical (unpaired) electrons. The van der Waals surface area contributed by atoms with Crippen LogP contribution in [0, 0.1) is 12.8 Å². The minimum absolute atomic E-state index is 0.00766. The van der Waals surface area contributed by atoms with Gasteiger partial charge in [0.25, 0.3) is 0 Å². The second-order valence-corrected chi connectivity index (χ2v) is 4.46. The van der Waals surface area contributed by atoms with Gasteiger partial charge < -0.3 is 5.11 Å². The van der Waals surface area contributed by atoms with E-state index in [1.807, 2.05) is 6.92 Å². The maximum absolute atomic E-state index is 11.7. The highest BCUT2D eigenvalue weighted by Gasteiger charge is 2.30. The first-order chi connectivity index (χ1) is 7.61. The third-order valence-corrected chi connectivity index (χ3v) is 3.17. The molecule has 1 fully saturated rings. The van der Waals surface area contributed by atoms with E-state index < -0.39 is 0 Å². The quantitative estimate of drug-likeness (QED) is 0.850. The van der Waals surface area contributed by atoms with Gasteiger partial charge in [0.2, 0.25) is 5.91 Å². The number of anilines is 1. The van der Waals surface area contributed by atoms with Crippen LogP contribution in [-0.2, 0) is 4.79 Å². The second-order valence-electron chi connectivity index (χ2n) is 4.05. The summed E-state index contributed by atoms with van der Waals surface area (Å²) in [5, 5.41) is 9.62. The summed E-state index contributed by atoms with van der Waals surface area (Å²) < 4.78 is 0. The lowest BCUT2D eigenvalue weighted by Crippen LogP contribution is -2.25. The molecular weight excluding hydrogens is 228 g/mol. The van der Waals surface area contributed by atoms with Crippen LogP contribution in [0.1, 0.15) is 12.0 Å². The highest BCUT2D eigenvalue weighted by atomic mass is 35.5. The number of amides is 1. The molecule has 1 aliphatic heterocycles. The Bertz CT molecular complexity index is 422. The molecule has 1 atom stereocenters. The van der Waals surface area contributed by atoms with E-state index in [0.717, 1.165) is 5.56 Å². The maximum atomic E-state index is 11.7. The second kappa shape index (κ2) is 4.39. The maximum Gasteiger partial charge on any atom is 0.228 e. The van der Waals surface area contributed by atoms with Crippen molar-refractivity contribution in [1.29, 1.82) is 0 Å². The lowest BCUT2D eigenvalue weighted by Gasteiger charge is -2.15. The van der Waals surface area contributed by atoms with Crippen molar-refractivity contribution >= 4 is 23.3 Å². The third-order valence-electron chi connectivity index (χ3n) is 2.77. The van der Waals surface area contributed by atoms with Crippen molar-refractivity contribution in [3.63, 3.8) is 0 Å². The van der Waals surface area contributed by atoms with Gasteiger partial charge in [-0.2, -0.15) is 0 Å². The van der Waals surface area contributed by atoms with Crippen LogP contribution in [0.15, 0.2) is 12.3 Å². The van der Waals surface area contributed by atoms with Gasteiger partial charge in [-0.1, -0.05) is 11.6 Å². The normalized spacial score (nSPS) is 20.6. The van der Waals surface area contributed by atoms with Crippen molar-refractivity contribution in [2.75, 3.05) is 18.1 Å². The highest BCUT2D eigenvalue weighted by molar-refractivity contribution is 6.31. The molecule has 1 unspecified atom stereocenters. The SMILES string of the molecule is Cc1cc(N2CC(CO)CC2=O)ncc1Cl. The zero-order valence-electron chi connectivity index (χ0n) is 8.98. The molecule has 0 spiro atoms. The lowest BCUT2D eigenvalue weighted by molar-refractivity contribution is -0.117. The molecule has 1 saturated heterocycles. The van der Waals surface area contributed by atoms with Crippen LogP contribution < -0.4 is 4.90 Å². The average Bonchev–Trinajstić information content (AvgIpc) is 2.64. The van der Waals surface area contributed by atoms with Gasteiger partial charge >= 0.3 is 0 Å². The van der Waals surface area contributed by atoms with Crippen LogP contribution in [0.3, 0.4) is 0 Å². The van der Waals surface area contributed by atoms with Gasteiger partial charge in [0.15, 0.2) is 0 Å². The van der Waals surface area contributed by atoms with E-state index >= 15 is 0 Å². The van der Waals surface area contributed by atoms with Gasteiger partial charge in [0, 0.05) is 31.7 Å². The number of aryl methyl sites for hydroxylation is 1. The number of rotatable bonds is 2. The number of carbonyl (C=O) groups is 1. The van der Waals surface area contributed by atoms with Gasteiger partial charge in [-0.3, -0.25) is 9.69 Å². The predicted octanol–water partition coefficient (Wildman–Crippen LogP) is 1.39. The zero-order valence-corrected chi connectivity index (χ0v) is 9.74. The number of aliphatic hydroxyl groups is 1. The molecular formula is C11H13ClN2O2. The number of hydrogen-bond acceptors (Lipinski definition) is 3. The largest absolute Gasteiger partial charge is 0.396 e. The zero-order chi connectivity index (χ0) is 11.7. The molecule has 1 aliphatic rings. The summed E-state index contributed by atoms with van der Waals surface area (Å²) in [4.78, 5) is 17.4. The Labute approximate surface area is 98.9 Å². The topological polar surface area (TPSA) is 53.4 Å². The van der Waals surface area contributed by atoms with E-state index in [2.05, 4.69) is 4.98 Å². The van der Waals surface area contributed by atoms with Crippen LogP contribution in [0.4, 0.5) is 5.82 Å². The first kappa shape index (κ1) is 11.4. The molecule has 1 aromatic rings. The van der Waals surface area contributed by atoms with Crippen LogP contribution in [-0.4, -0.2) is 29.1 Å². The van der Waals surface area contributed by atoms with E-state index in [4.69, 9.17) is 16.7 Å². The molecule has 0 aliphatic carbocycles. The molecule has 0 bridgehead atoms. The summed E-state index contributed by atoms with van der Waals surface area (Å²) in [6, 6.07) is 1.79. The molecule has 16 heavy (non-hydrogen) atoms. The first-order valence-corrected chi connectivity index (χ1v) is 5.53. The number of halogens is 1. The fourth-order valence-corrected chi connectivity index (χ4v) is 1.90. The minimum Gasteiger partial charge on any atom is -0.396 e. The molecule has 0 aromatic carbocycles.